The lowest BCUT2D eigenvalue weighted by molar-refractivity contribution is -0.140. The van der Waals surface area contributed by atoms with E-state index in [4.69, 9.17) is 4.74 Å². The summed E-state index contributed by atoms with van der Waals surface area (Å²) in [7, 11) is -3.95. The molecule has 0 saturated carbocycles. The molecule has 10 heteroatoms. The number of carbonyl (C=O) groups excluding carboxylic acids is 2. The molecule has 8 nitrogen and oxygen atoms in total. The van der Waals surface area contributed by atoms with Crippen molar-refractivity contribution in [2.24, 2.45) is 0 Å². The van der Waals surface area contributed by atoms with Crippen LogP contribution in [0, 0.1) is 5.82 Å². The maximum absolute atomic E-state index is 14.9. The largest absolute Gasteiger partial charge is 0.489 e. The molecular weight excluding hydrogens is 593 g/mol. The highest BCUT2D eigenvalue weighted by molar-refractivity contribution is 7.92. The van der Waals surface area contributed by atoms with E-state index in [1.165, 1.54) is 23.1 Å². The number of sulfonamides is 1. The van der Waals surface area contributed by atoms with Gasteiger partial charge in [-0.2, -0.15) is 0 Å². The van der Waals surface area contributed by atoms with E-state index in [-0.39, 0.29) is 30.3 Å². The minimum absolute atomic E-state index is 0.145. The molecule has 0 fully saturated rings. The Morgan fingerprint density at radius 1 is 0.822 bits per heavy atom. The van der Waals surface area contributed by atoms with Crippen LogP contribution in [-0.4, -0.2) is 50.0 Å². The third-order valence-corrected chi connectivity index (χ3v) is 8.19. The van der Waals surface area contributed by atoms with Gasteiger partial charge in [-0.1, -0.05) is 78.9 Å². The van der Waals surface area contributed by atoms with Crippen LogP contribution in [0.4, 0.5) is 10.1 Å². The van der Waals surface area contributed by atoms with Crippen molar-refractivity contribution in [1.82, 2.24) is 10.2 Å². The Labute approximate surface area is 264 Å². The Bertz CT molecular complexity index is 1670. The van der Waals surface area contributed by atoms with Crippen molar-refractivity contribution in [3.05, 3.63) is 132 Å². The Kier molecular flexibility index (Phi) is 11.3. The number of hydrogen-bond donors (Lipinski definition) is 1. The van der Waals surface area contributed by atoms with E-state index in [1.807, 2.05) is 60.7 Å². The average Bonchev–Trinajstić information content (AvgIpc) is 3.01. The number of hydrogen-bond acceptors (Lipinski definition) is 5. The number of anilines is 1. The summed E-state index contributed by atoms with van der Waals surface area (Å²) in [5, 5.41) is 2.87. The Morgan fingerprint density at radius 3 is 1.98 bits per heavy atom. The Balaban J connectivity index is 1.65. The van der Waals surface area contributed by atoms with Crippen LogP contribution in [0.15, 0.2) is 109 Å². The summed E-state index contributed by atoms with van der Waals surface area (Å²) in [4.78, 5) is 29.0. The summed E-state index contributed by atoms with van der Waals surface area (Å²) < 4.78 is 47.7. The summed E-state index contributed by atoms with van der Waals surface area (Å²) in [6.07, 6.45) is 1.15. The summed E-state index contributed by atoms with van der Waals surface area (Å²) >= 11 is 0. The highest BCUT2D eigenvalue weighted by Gasteiger charge is 2.33. The number of ether oxygens (including phenoxy) is 1. The van der Waals surface area contributed by atoms with Gasteiger partial charge in [-0.05, 0) is 55.3 Å². The van der Waals surface area contributed by atoms with Crippen LogP contribution in [0.1, 0.15) is 30.5 Å². The SMILES string of the molecule is CC(C)NC(=O)[C@@H](Cc1ccccc1)N(Cc1ccccc1F)C(=O)CN(c1ccc(OCc2ccccc2)cc1)S(C)(=O)=O. The monoisotopic (exact) mass is 631 g/mol. The van der Waals surface area contributed by atoms with Crippen molar-refractivity contribution in [3.8, 4) is 5.75 Å². The Morgan fingerprint density at radius 2 is 1.40 bits per heavy atom. The predicted octanol–water partition coefficient (Wildman–Crippen LogP) is 5.34. The lowest BCUT2D eigenvalue weighted by atomic mass is 10.0. The molecule has 1 atom stereocenters. The number of nitrogens with zero attached hydrogens (tertiary/aromatic N) is 2. The van der Waals surface area contributed by atoms with E-state index < -0.39 is 40.2 Å². The summed E-state index contributed by atoms with van der Waals surface area (Å²) in [5.41, 5.74) is 2.22. The van der Waals surface area contributed by atoms with E-state index in [0.717, 1.165) is 21.7 Å². The van der Waals surface area contributed by atoms with Gasteiger partial charge in [-0.25, -0.2) is 12.8 Å². The lowest BCUT2D eigenvalue weighted by Crippen LogP contribution is -2.54. The number of halogens is 1. The normalized spacial score (nSPS) is 11.9. The summed E-state index contributed by atoms with van der Waals surface area (Å²) in [6, 6.07) is 29.9. The van der Waals surface area contributed by atoms with Crippen LogP contribution in [0.25, 0.3) is 0 Å². The van der Waals surface area contributed by atoms with Crippen molar-refractivity contribution < 1.29 is 27.1 Å². The van der Waals surface area contributed by atoms with Gasteiger partial charge in [0.1, 0.15) is 30.8 Å². The number of amides is 2. The molecule has 0 radical (unpaired) electrons. The standard InChI is InChI=1S/C35H38FN3O5S/c1-26(2)37-35(41)33(22-27-12-6-4-7-13-27)38(23-29-16-10-11-17-32(29)36)34(40)24-39(45(3,42)43)30-18-20-31(21-19-30)44-25-28-14-8-5-9-15-28/h4-21,26,33H,22-25H2,1-3H3,(H,37,41)/t33-/m1/s1. The zero-order chi connectivity index (χ0) is 32.4. The minimum Gasteiger partial charge on any atom is -0.489 e. The fourth-order valence-corrected chi connectivity index (χ4v) is 5.66. The van der Waals surface area contributed by atoms with Gasteiger partial charge in [0.05, 0.1) is 11.9 Å². The highest BCUT2D eigenvalue weighted by atomic mass is 32.2. The zero-order valence-electron chi connectivity index (χ0n) is 25.6. The van der Waals surface area contributed by atoms with Crippen molar-refractivity contribution in [2.45, 2.75) is 45.5 Å². The zero-order valence-corrected chi connectivity index (χ0v) is 26.4. The second kappa shape index (κ2) is 15.3. The fourth-order valence-electron chi connectivity index (χ4n) is 4.81. The number of rotatable bonds is 14. The molecule has 0 heterocycles. The predicted molar refractivity (Wildman–Crippen MR) is 174 cm³/mol. The molecule has 0 aromatic heterocycles. The van der Waals surface area contributed by atoms with Crippen LogP contribution in [0.3, 0.4) is 0 Å². The third-order valence-electron chi connectivity index (χ3n) is 7.05. The van der Waals surface area contributed by atoms with Crippen LogP contribution in [0.5, 0.6) is 5.75 Å². The molecule has 0 aliphatic heterocycles. The van der Waals surface area contributed by atoms with Gasteiger partial charge in [0, 0.05) is 24.6 Å². The van der Waals surface area contributed by atoms with E-state index >= 15 is 0 Å². The van der Waals surface area contributed by atoms with E-state index in [1.54, 1.807) is 44.2 Å². The van der Waals surface area contributed by atoms with Crippen molar-refractivity contribution in [1.29, 1.82) is 0 Å². The van der Waals surface area contributed by atoms with Gasteiger partial charge >= 0.3 is 0 Å². The lowest BCUT2D eigenvalue weighted by Gasteiger charge is -2.34. The first-order valence-electron chi connectivity index (χ1n) is 14.6. The molecule has 0 spiro atoms. The molecular formula is C35H38FN3O5S. The highest BCUT2D eigenvalue weighted by Crippen LogP contribution is 2.24. The second-order valence-corrected chi connectivity index (χ2v) is 12.9. The quantitative estimate of drug-likeness (QED) is 0.203. The van der Waals surface area contributed by atoms with Crippen molar-refractivity contribution in [2.75, 3.05) is 17.1 Å². The first kappa shape index (κ1) is 33.2. The molecule has 0 unspecified atom stereocenters. The third kappa shape index (κ3) is 9.64. The van der Waals surface area contributed by atoms with Crippen LogP contribution in [-0.2, 0) is 39.2 Å². The van der Waals surface area contributed by atoms with Crippen LogP contribution in [0.2, 0.25) is 0 Å². The molecule has 4 rings (SSSR count). The maximum Gasteiger partial charge on any atom is 0.244 e. The Hall–Kier alpha value is -4.70. The molecule has 236 valence electrons. The van der Waals surface area contributed by atoms with E-state index in [9.17, 15) is 22.4 Å². The number of carbonyl (C=O) groups is 2. The number of benzene rings is 4. The molecule has 4 aromatic carbocycles. The van der Waals surface area contributed by atoms with Gasteiger partial charge < -0.3 is 15.0 Å². The molecule has 45 heavy (non-hydrogen) atoms. The average molecular weight is 632 g/mol. The number of nitrogens with one attached hydrogen (secondary N) is 1. The minimum atomic E-state index is -3.95. The van der Waals surface area contributed by atoms with Crippen LogP contribution < -0.4 is 14.4 Å². The first-order valence-corrected chi connectivity index (χ1v) is 16.5. The van der Waals surface area contributed by atoms with Gasteiger partial charge in [0.2, 0.25) is 21.8 Å². The summed E-state index contributed by atoms with van der Waals surface area (Å²) in [6.45, 7) is 3.11. The topological polar surface area (TPSA) is 96.0 Å². The summed E-state index contributed by atoms with van der Waals surface area (Å²) in [5.74, 6) is -1.10. The van der Waals surface area contributed by atoms with Gasteiger partial charge in [-0.3, -0.25) is 13.9 Å². The van der Waals surface area contributed by atoms with Gasteiger partial charge in [0.25, 0.3) is 0 Å². The van der Waals surface area contributed by atoms with Gasteiger partial charge in [0.15, 0.2) is 0 Å². The molecule has 0 bridgehead atoms. The van der Waals surface area contributed by atoms with Crippen LogP contribution >= 0.6 is 0 Å². The van der Waals surface area contributed by atoms with Crippen molar-refractivity contribution >= 4 is 27.5 Å². The first-order chi connectivity index (χ1) is 21.5. The molecule has 0 saturated heterocycles. The molecule has 1 N–H and O–H groups in total. The molecule has 4 aromatic rings. The molecule has 0 aliphatic carbocycles. The molecule has 0 aliphatic rings. The van der Waals surface area contributed by atoms with E-state index in [2.05, 4.69) is 5.32 Å². The van der Waals surface area contributed by atoms with Crippen molar-refractivity contribution in [3.63, 3.8) is 0 Å². The molecule has 2 amide bonds. The smallest absolute Gasteiger partial charge is 0.244 e. The van der Waals surface area contributed by atoms with Gasteiger partial charge in [-0.15, -0.1) is 0 Å². The second-order valence-electron chi connectivity index (χ2n) is 11.0. The van der Waals surface area contributed by atoms with E-state index in [0.29, 0.717) is 12.4 Å². The fraction of sp³-hybridized carbons (Fsp3) is 0.257. The maximum atomic E-state index is 14.9.